The maximum atomic E-state index is 10.9. The van der Waals surface area contributed by atoms with E-state index in [1.54, 1.807) is 0 Å². The summed E-state index contributed by atoms with van der Waals surface area (Å²) in [6.45, 7) is 5.24. The van der Waals surface area contributed by atoms with E-state index in [1.807, 2.05) is 25.8 Å². The van der Waals surface area contributed by atoms with Crippen LogP contribution in [-0.2, 0) is 9.84 Å². The van der Waals surface area contributed by atoms with Crippen LogP contribution in [0, 0.1) is 16.7 Å². The summed E-state index contributed by atoms with van der Waals surface area (Å²) in [5.74, 6) is 0.200. The van der Waals surface area contributed by atoms with Crippen LogP contribution in [0.5, 0.6) is 0 Å². The van der Waals surface area contributed by atoms with Crippen LogP contribution < -0.4 is 0 Å². The van der Waals surface area contributed by atoms with E-state index >= 15 is 0 Å². The first-order valence-electron chi connectivity index (χ1n) is 5.44. The minimum Gasteiger partial charge on any atom is -0.305 e. The molecule has 0 spiro atoms. The average Bonchev–Trinajstić information content (AvgIpc) is 2.13. The summed E-state index contributed by atoms with van der Waals surface area (Å²) >= 11 is 0. The Morgan fingerprint density at radius 1 is 1.31 bits per heavy atom. The molecular formula is C11H22N2O2S. The minimum absolute atomic E-state index is 0.200. The summed E-state index contributed by atoms with van der Waals surface area (Å²) in [5, 5.41) is 8.83. The minimum atomic E-state index is -2.87. The fraction of sp³-hybridized carbons (Fsp3) is 0.909. The number of hydrogen-bond donors (Lipinski definition) is 0. The van der Waals surface area contributed by atoms with E-state index in [4.69, 9.17) is 5.26 Å². The predicted octanol–water partition coefficient (Wildman–Crippen LogP) is 1.29. The fourth-order valence-corrected chi connectivity index (χ4v) is 1.92. The smallest absolute Gasteiger partial charge is 0.148 e. The lowest BCUT2D eigenvalue weighted by Gasteiger charge is -2.19. The molecule has 0 aliphatic heterocycles. The van der Waals surface area contributed by atoms with Crippen molar-refractivity contribution in [2.24, 2.45) is 5.41 Å². The van der Waals surface area contributed by atoms with Crippen LogP contribution in [0.4, 0.5) is 0 Å². The van der Waals surface area contributed by atoms with E-state index in [1.165, 1.54) is 6.26 Å². The standard InChI is InChI=1S/C11H22N2O2S/c1-11(2,10-12)6-5-7-13(3)8-9-16(4,14)15/h5-9H2,1-4H3. The van der Waals surface area contributed by atoms with Crippen LogP contribution in [-0.4, -0.2) is 45.5 Å². The zero-order valence-corrected chi connectivity index (χ0v) is 11.5. The van der Waals surface area contributed by atoms with Gasteiger partial charge in [0, 0.05) is 12.8 Å². The summed E-state index contributed by atoms with van der Waals surface area (Å²) in [5.41, 5.74) is -0.280. The highest BCUT2D eigenvalue weighted by Gasteiger charge is 2.16. The van der Waals surface area contributed by atoms with Gasteiger partial charge in [0.25, 0.3) is 0 Å². The van der Waals surface area contributed by atoms with E-state index < -0.39 is 9.84 Å². The Morgan fingerprint density at radius 2 is 1.88 bits per heavy atom. The Labute approximate surface area is 99.2 Å². The Bertz CT molecular complexity index is 341. The third-order valence-corrected chi connectivity index (χ3v) is 3.41. The summed E-state index contributed by atoms with van der Waals surface area (Å²) in [7, 11) is -0.964. The lowest BCUT2D eigenvalue weighted by Crippen LogP contribution is -2.27. The molecule has 0 N–H and O–H groups in total. The maximum absolute atomic E-state index is 10.9. The molecule has 0 fully saturated rings. The van der Waals surface area contributed by atoms with Gasteiger partial charge >= 0.3 is 0 Å². The highest BCUT2D eigenvalue weighted by atomic mass is 32.2. The van der Waals surface area contributed by atoms with Crippen LogP contribution in [0.25, 0.3) is 0 Å². The van der Waals surface area contributed by atoms with Crippen LogP contribution in [0.15, 0.2) is 0 Å². The van der Waals surface area contributed by atoms with Gasteiger partial charge in [0.15, 0.2) is 0 Å². The maximum Gasteiger partial charge on any atom is 0.148 e. The van der Waals surface area contributed by atoms with Gasteiger partial charge in [-0.15, -0.1) is 0 Å². The van der Waals surface area contributed by atoms with Crippen LogP contribution in [0.1, 0.15) is 26.7 Å². The molecule has 16 heavy (non-hydrogen) atoms. The Morgan fingerprint density at radius 3 is 2.31 bits per heavy atom. The number of rotatable bonds is 7. The highest BCUT2D eigenvalue weighted by molar-refractivity contribution is 7.90. The quantitative estimate of drug-likeness (QED) is 0.679. The van der Waals surface area contributed by atoms with Crippen molar-refractivity contribution in [2.45, 2.75) is 26.7 Å². The molecule has 0 aromatic carbocycles. The number of hydrogen-bond acceptors (Lipinski definition) is 4. The molecule has 0 aliphatic rings. The number of nitriles is 1. The second kappa shape index (κ2) is 6.21. The van der Waals surface area contributed by atoms with Crippen molar-refractivity contribution < 1.29 is 8.42 Å². The van der Waals surface area contributed by atoms with E-state index in [0.717, 1.165) is 19.4 Å². The van der Waals surface area contributed by atoms with E-state index in [2.05, 4.69) is 6.07 Å². The van der Waals surface area contributed by atoms with Gasteiger partial charge in [0.05, 0.1) is 17.2 Å². The van der Waals surface area contributed by atoms with Crippen molar-refractivity contribution in [1.29, 1.82) is 5.26 Å². The van der Waals surface area contributed by atoms with Gasteiger partial charge in [-0.2, -0.15) is 5.26 Å². The van der Waals surface area contributed by atoms with Crippen molar-refractivity contribution in [1.82, 2.24) is 4.90 Å². The molecule has 0 heterocycles. The molecule has 0 saturated carbocycles. The van der Waals surface area contributed by atoms with Gasteiger partial charge in [-0.3, -0.25) is 0 Å². The zero-order valence-electron chi connectivity index (χ0n) is 10.7. The first-order valence-corrected chi connectivity index (χ1v) is 7.50. The van der Waals surface area contributed by atoms with Gasteiger partial charge in [-0.25, -0.2) is 8.42 Å². The largest absolute Gasteiger partial charge is 0.305 e. The summed E-state index contributed by atoms with van der Waals surface area (Å²) in [4.78, 5) is 1.99. The van der Waals surface area contributed by atoms with Crippen molar-refractivity contribution in [3.8, 4) is 6.07 Å². The zero-order chi connectivity index (χ0) is 12.8. The Hall–Kier alpha value is -0.600. The van der Waals surface area contributed by atoms with Gasteiger partial charge in [-0.1, -0.05) is 0 Å². The molecule has 0 aliphatic carbocycles. The summed E-state index contributed by atoms with van der Waals surface area (Å²) < 4.78 is 21.9. The molecule has 0 bridgehead atoms. The van der Waals surface area contributed by atoms with E-state index in [0.29, 0.717) is 6.54 Å². The normalized spacial score (nSPS) is 12.8. The molecule has 0 saturated heterocycles. The number of sulfone groups is 1. The lowest BCUT2D eigenvalue weighted by molar-refractivity contribution is 0.317. The van der Waals surface area contributed by atoms with E-state index in [-0.39, 0.29) is 11.2 Å². The van der Waals surface area contributed by atoms with Gasteiger partial charge in [0.2, 0.25) is 0 Å². The van der Waals surface area contributed by atoms with Gasteiger partial charge in [0.1, 0.15) is 9.84 Å². The highest BCUT2D eigenvalue weighted by Crippen LogP contribution is 2.20. The topological polar surface area (TPSA) is 61.2 Å². The molecular weight excluding hydrogens is 224 g/mol. The molecule has 4 nitrogen and oxygen atoms in total. The second-order valence-corrected chi connectivity index (χ2v) is 7.29. The fourth-order valence-electron chi connectivity index (χ4n) is 1.28. The van der Waals surface area contributed by atoms with Crippen molar-refractivity contribution in [3.05, 3.63) is 0 Å². The van der Waals surface area contributed by atoms with Crippen LogP contribution >= 0.6 is 0 Å². The third-order valence-electron chi connectivity index (χ3n) is 2.49. The van der Waals surface area contributed by atoms with Crippen molar-refractivity contribution >= 4 is 9.84 Å². The number of nitrogens with zero attached hydrogens (tertiary/aromatic N) is 2. The molecule has 94 valence electrons. The molecule has 0 aromatic heterocycles. The first-order chi connectivity index (χ1) is 7.16. The molecule has 5 heteroatoms. The molecule has 0 rings (SSSR count). The Kier molecular flexibility index (Phi) is 5.98. The second-order valence-electron chi connectivity index (χ2n) is 5.03. The van der Waals surface area contributed by atoms with E-state index in [9.17, 15) is 8.42 Å². The van der Waals surface area contributed by atoms with Crippen LogP contribution in [0.3, 0.4) is 0 Å². The van der Waals surface area contributed by atoms with Gasteiger partial charge in [-0.05, 0) is 40.3 Å². The molecule has 0 amide bonds. The molecule has 0 aromatic rings. The first kappa shape index (κ1) is 15.4. The van der Waals surface area contributed by atoms with Gasteiger partial charge < -0.3 is 4.90 Å². The lowest BCUT2D eigenvalue weighted by atomic mass is 9.90. The SMILES string of the molecule is CN(CCCC(C)(C)C#N)CCS(C)(=O)=O. The Balaban J connectivity index is 3.76. The third kappa shape index (κ3) is 8.69. The molecule has 0 radical (unpaired) electrons. The van der Waals surface area contributed by atoms with Crippen molar-refractivity contribution in [2.75, 3.05) is 32.1 Å². The van der Waals surface area contributed by atoms with Crippen molar-refractivity contribution in [3.63, 3.8) is 0 Å². The molecule has 0 atom stereocenters. The monoisotopic (exact) mass is 246 g/mol. The summed E-state index contributed by atoms with van der Waals surface area (Å²) in [6.07, 6.45) is 3.01. The predicted molar refractivity (Wildman–Crippen MR) is 65.8 cm³/mol. The average molecular weight is 246 g/mol. The molecule has 0 unspecified atom stereocenters. The van der Waals surface area contributed by atoms with Crippen LogP contribution in [0.2, 0.25) is 0 Å². The summed E-state index contributed by atoms with van der Waals surface area (Å²) in [6, 6.07) is 2.26.